The van der Waals surface area contributed by atoms with Crippen LogP contribution in [0.4, 0.5) is 65.9 Å². The molecule has 14 nitrogen and oxygen atoms in total. The highest BCUT2D eigenvalue weighted by Gasteiger charge is 2.67. The molecule has 2 N–H and O–H groups in total. The SMILES string of the molecule is C=C1CCC(OCc2cc(F)c(F)c(F)c2)C1.COC(=O)C1CCC(O)C1.COC(=O)C1CCC(OCc2cc(F)c(F)c(F)c2)C1.Cc1ccc(S(=O)(=O)OCC2CCC(OCc3cc(F)c(F)c(F)c3)C2)cc1.Fc1cc(COC2CCC3(C2)CC3(Br)Br)cc(F)c1F.OCC1CCC(OCc2cc(F)c(F)c(F)c2)C1. The minimum Gasteiger partial charge on any atom is -0.469 e. The number of methoxy groups -OCH3 is 2. The first-order valence-corrected chi connectivity index (χ1v) is 39.7. The third kappa shape index (κ3) is 27.3. The number of carbonyl (C=O) groups is 2. The van der Waals surface area contributed by atoms with Crippen LogP contribution in [0.2, 0.25) is 0 Å². The maximum atomic E-state index is 13.2. The Morgan fingerprint density at radius 3 is 1.15 bits per heavy atom. The summed E-state index contributed by atoms with van der Waals surface area (Å²) in [7, 11) is -1.09. The number of carbonyl (C=O) groups excluding carboxylic acids is 2. The van der Waals surface area contributed by atoms with Gasteiger partial charge in [-0.3, -0.25) is 13.8 Å². The average molecular weight is 1760 g/mol. The van der Waals surface area contributed by atoms with Crippen molar-refractivity contribution in [2.45, 2.75) is 207 Å². The van der Waals surface area contributed by atoms with Crippen LogP contribution in [-0.2, 0) is 90.1 Å². The molecule has 0 heterocycles. The number of benzene rings is 6. The fourth-order valence-corrected chi connectivity index (χ4v) is 16.9. The van der Waals surface area contributed by atoms with Crippen molar-refractivity contribution < 1.29 is 131 Å². The summed E-state index contributed by atoms with van der Waals surface area (Å²) in [6.45, 7) is 6.08. The summed E-state index contributed by atoms with van der Waals surface area (Å²) in [6.07, 6.45) is 14.5. The number of halogens is 17. The van der Waals surface area contributed by atoms with E-state index >= 15 is 0 Å². The van der Waals surface area contributed by atoms with Crippen LogP contribution in [-0.4, -0.2) is 97.9 Å². The highest BCUT2D eigenvalue weighted by Crippen LogP contribution is 2.73. The standard InChI is InChI=1S/C20H21F3O4S.C14H13Br2F3O.C14H15F3O3.C13H15F3O2.C13H13F3O.C7H12O3/c1-13-2-6-17(7-3-13)28(24,25)27-12-14-4-5-16(8-14)26-11-15-9-18(21)20(23)19(22)10-15;15-14(16)7-13(14)2-1-9(5-13)20-6-8-3-10(17)12(19)11(18)4-8;1-19-14(18)9-2-3-10(6-9)20-7-8-4-11(15)13(17)12(16)5-8;14-11-4-9(5-12(15)13(11)16)7-18-10-2-1-8(3-10)6-17;1-8-2-3-10(4-8)17-7-9-5-11(14)13(16)12(15)6-9;1-10-7(9)5-2-3-6(8)4-5/h2-3,6-7,9-10,14,16H,4-5,8,11-12H2,1H3;3-4,9H,1-2,5-7H2;4-5,9-10H,2-3,6-7H2,1H3;4-5,8,10,17H,1-3,6-7H2;5-6,10H,1-4,7H2;5-6,8H,2-4H2,1H3. The lowest BCUT2D eigenvalue weighted by molar-refractivity contribution is -0.146. The highest BCUT2D eigenvalue weighted by molar-refractivity contribution is 9.25. The maximum Gasteiger partial charge on any atom is 0.308 e. The molecule has 0 aromatic heterocycles. The third-order valence-electron chi connectivity index (χ3n) is 20.6. The fraction of sp³-hybridized carbons (Fsp3) is 0.506. The predicted octanol–water partition coefficient (Wildman–Crippen LogP) is 19.3. The Balaban J connectivity index is 0.000000173. The van der Waals surface area contributed by atoms with Gasteiger partial charge in [0, 0.05) is 12.0 Å². The Hall–Kier alpha value is -6.46. The van der Waals surface area contributed by atoms with Crippen LogP contribution in [0, 0.1) is 123 Å². The quantitative estimate of drug-likeness (QED) is 0.0163. The number of alkyl halides is 2. The second-order valence-corrected chi connectivity index (χ2v) is 34.6. The van der Waals surface area contributed by atoms with Crippen LogP contribution in [0.25, 0.3) is 0 Å². The molecule has 0 amide bonds. The lowest BCUT2D eigenvalue weighted by Gasteiger charge is -2.13. The Kier molecular flexibility index (Phi) is 34.7. The Morgan fingerprint density at radius 1 is 0.469 bits per heavy atom. The summed E-state index contributed by atoms with van der Waals surface area (Å²) in [5.74, 6) is -19.8. The molecule has 622 valence electrons. The molecule has 7 saturated carbocycles. The van der Waals surface area contributed by atoms with Gasteiger partial charge in [0.15, 0.2) is 87.3 Å². The van der Waals surface area contributed by atoms with E-state index in [1.807, 2.05) is 6.92 Å². The molecular weight excluding hydrogens is 1670 g/mol. The van der Waals surface area contributed by atoms with Gasteiger partial charge in [-0.25, -0.2) is 65.9 Å². The lowest BCUT2D eigenvalue weighted by atomic mass is 10.1. The zero-order valence-corrected chi connectivity index (χ0v) is 66.1. The number of aliphatic hydroxyl groups excluding tert-OH is 2. The van der Waals surface area contributed by atoms with Crippen molar-refractivity contribution in [3.05, 3.63) is 218 Å². The first kappa shape index (κ1) is 92.1. The minimum atomic E-state index is -3.81. The van der Waals surface area contributed by atoms with Gasteiger partial charge in [-0.1, -0.05) is 61.7 Å². The number of aryl methyl sites for hydroxylation is 1. The molecule has 6 aromatic carbocycles. The van der Waals surface area contributed by atoms with Crippen LogP contribution in [0.15, 0.2) is 102 Å². The molecule has 7 fully saturated rings. The Labute approximate surface area is 662 Å². The van der Waals surface area contributed by atoms with Gasteiger partial charge in [0.25, 0.3) is 10.1 Å². The van der Waals surface area contributed by atoms with Gasteiger partial charge in [0.05, 0.1) is 110 Å². The zero-order chi connectivity index (χ0) is 82.6. The van der Waals surface area contributed by atoms with Crippen molar-refractivity contribution in [3.8, 4) is 0 Å². The number of esters is 2. The molecule has 7 aliphatic rings. The van der Waals surface area contributed by atoms with Crippen LogP contribution in [0.1, 0.15) is 155 Å². The van der Waals surface area contributed by atoms with Crippen molar-refractivity contribution in [1.82, 2.24) is 0 Å². The molecule has 11 atom stereocenters. The van der Waals surface area contributed by atoms with Crippen molar-refractivity contribution >= 4 is 53.9 Å². The molecule has 0 aliphatic heterocycles. The molecule has 7 aliphatic carbocycles. The van der Waals surface area contributed by atoms with Gasteiger partial charge in [-0.2, -0.15) is 8.42 Å². The number of aliphatic hydroxyl groups is 2. The van der Waals surface area contributed by atoms with Gasteiger partial charge in [0.2, 0.25) is 0 Å². The predicted molar refractivity (Wildman–Crippen MR) is 390 cm³/mol. The molecule has 0 bridgehead atoms. The van der Waals surface area contributed by atoms with E-state index in [9.17, 15) is 83.9 Å². The van der Waals surface area contributed by atoms with Crippen LogP contribution in [0.3, 0.4) is 0 Å². The summed E-state index contributed by atoms with van der Waals surface area (Å²) >= 11 is 7.28. The van der Waals surface area contributed by atoms with E-state index in [0.29, 0.717) is 49.7 Å². The highest BCUT2D eigenvalue weighted by atomic mass is 79.9. The molecule has 1 spiro atoms. The molecule has 6 aromatic rings. The minimum absolute atomic E-state index is 0.00155. The fourth-order valence-electron chi connectivity index (χ4n) is 14.1. The summed E-state index contributed by atoms with van der Waals surface area (Å²) in [5, 5.41) is 18.0. The van der Waals surface area contributed by atoms with Gasteiger partial charge >= 0.3 is 11.9 Å². The van der Waals surface area contributed by atoms with E-state index in [-0.39, 0.29) is 149 Å². The molecule has 0 radical (unpaired) electrons. The zero-order valence-electron chi connectivity index (χ0n) is 62.1. The van der Waals surface area contributed by atoms with Gasteiger partial charge in [0.1, 0.15) is 0 Å². The van der Waals surface area contributed by atoms with Gasteiger partial charge < -0.3 is 43.4 Å². The van der Waals surface area contributed by atoms with Crippen LogP contribution < -0.4 is 0 Å². The molecule has 11 unspecified atom stereocenters. The van der Waals surface area contributed by atoms with E-state index in [2.05, 4.69) is 47.9 Å². The summed E-state index contributed by atoms with van der Waals surface area (Å²) in [5.41, 5.74) is 3.67. The second kappa shape index (κ2) is 42.6. The second-order valence-electron chi connectivity index (χ2n) is 29.2. The van der Waals surface area contributed by atoms with Crippen molar-refractivity contribution in [2.24, 2.45) is 29.1 Å². The number of hydrogen-bond acceptors (Lipinski definition) is 14. The van der Waals surface area contributed by atoms with Crippen molar-refractivity contribution in [3.63, 3.8) is 0 Å². The topological polar surface area (TPSA) is 183 Å². The van der Waals surface area contributed by atoms with Crippen LogP contribution in [0.5, 0.6) is 0 Å². The maximum absolute atomic E-state index is 13.2. The third-order valence-corrected chi connectivity index (χ3v) is 24.2. The van der Waals surface area contributed by atoms with Gasteiger partial charge in [-0.05, 0) is 241 Å². The van der Waals surface area contributed by atoms with E-state index in [1.165, 1.54) is 26.4 Å². The monoisotopic (exact) mass is 1760 g/mol. The van der Waals surface area contributed by atoms with Gasteiger partial charge in [-0.15, -0.1) is 0 Å². The van der Waals surface area contributed by atoms with E-state index < -0.39 is 97.4 Å². The molecular formula is C81H89Br2F15O14S. The summed E-state index contributed by atoms with van der Waals surface area (Å²) in [6, 6.07) is 15.8. The normalized spacial score (nSPS) is 23.9. The van der Waals surface area contributed by atoms with E-state index in [1.54, 1.807) is 12.1 Å². The first-order chi connectivity index (χ1) is 53.5. The van der Waals surface area contributed by atoms with Crippen molar-refractivity contribution in [2.75, 3.05) is 27.4 Å². The smallest absolute Gasteiger partial charge is 0.308 e. The Morgan fingerprint density at radius 2 is 0.814 bits per heavy atom. The molecule has 113 heavy (non-hydrogen) atoms. The van der Waals surface area contributed by atoms with Crippen LogP contribution >= 0.6 is 31.9 Å². The molecule has 13 rings (SSSR count). The molecule has 0 saturated heterocycles. The first-order valence-electron chi connectivity index (χ1n) is 36.7. The number of ether oxygens (including phenoxy) is 7. The van der Waals surface area contributed by atoms with E-state index in [4.69, 9.17) is 38.1 Å². The number of hydrogen-bond donors (Lipinski definition) is 2. The van der Waals surface area contributed by atoms with Crippen molar-refractivity contribution in [1.29, 1.82) is 0 Å². The largest absolute Gasteiger partial charge is 0.469 e. The average Bonchev–Trinajstić information content (AvgIpc) is 1.55. The summed E-state index contributed by atoms with van der Waals surface area (Å²) in [4.78, 5) is 22.3. The van der Waals surface area contributed by atoms with E-state index in [0.717, 1.165) is 155 Å². The molecule has 32 heteroatoms. The lowest BCUT2D eigenvalue weighted by Crippen LogP contribution is -2.15. The Bertz CT molecular complexity index is 4210. The number of rotatable bonds is 22. The summed E-state index contributed by atoms with van der Waals surface area (Å²) < 4.78 is 261.